The molecule has 2 aliphatic heterocycles. The molecule has 1 aromatic rings. The van der Waals surface area contributed by atoms with Gasteiger partial charge in [0.2, 0.25) is 0 Å². The van der Waals surface area contributed by atoms with Crippen LogP contribution in [0, 0.1) is 23.7 Å². The molecule has 6 unspecified atom stereocenters. The van der Waals surface area contributed by atoms with Crippen molar-refractivity contribution >= 4 is 30.4 Å². The molecule has 1 aromatic carbocycles. The van der Waals surface area contributed by atoms with Gasteiger partial charge in [0.25, 0.3) is 0 Å². The second-order valence-electron chi connectivity index (χ2n) is 14.4. The average molecular weight is 543 g/mol. The van der Waals surface area contributed by atoms with Crippen LogP contribution in [-0.2, 0) is 11.6 Å². The van der Waals surface area contributed by atoms with Gasteiger partial charge in [-0.2, -0.15) is 0 Å². The second-order valence-corrected chi connectivity index (χ2v) is 22.8. The van der Waals surface area contributed by atoms with E-state index in [4.69, 9.17) is 0 Å². The van der Waals surface area contributed by atoms with Gasteiger partial charge in [-0.3, -0.25) is 0 Å². The Morgan fingerprint density at radius 2 is 1.58 bits per heavy atom. The monoisotopic (exact) mass is 542 g/mol. The minimum Gasteiger partial charge on any atom is -0.316 e. The normalized spacial score (nSPS) is 39.3. The first-order valence-electron chi connectivity index (χ1n) is 15.4. The number of nitrogens with one attached hydrogen (secondary N) is 2. The smallest absolute Gasteiger partial charge is 0.0776 e. The standard InChI is InChI=1S/C31H52N2P2Si/c1-36(2,3)28-8-9-29(31-16-22-12-23(17-31)14-24(13-22)30(31)20-34)25(15-28)21-35(26-6-4-10-32-18-26)27-7-5-11-33-19-27/h8-9,15,22-24,26-27,30,32-33H,4-7,10-14,16-21,34H2,1-3H3. The highest BCUT2D eigenvalue weighted by Gasteiger charge is 2.57. The Kier molecular flexibility index (Phi) is 7.82. The zero-order chi connectivity index (χ0) is 24.9. The molecule has 4 saturated carbocycles. The van der Waals surface area contributed by atoms with Gasteiger partial charge in [0.05, 0.1) is 8.07 Å². The van der Waals surface area contributed by atoms with Crippen LogP contribution in [0.3, 0.4) is 0 Å². The van der Waals surface area contributed by atoms with Crippen LogP contribution in [0.15, 0.2) is 18.2 Å². The number of benzene rings is 1. The van der Waals surface area contributed by atoms with Gasteiger partial charge in [-0.15, -0.1) is 9.24 Å². The van der Waals surface area contributed by atoms with Crippen molar-refractivity contribution in [1.82, 2.24) is 10.6 Å². The topological polar surface area (TPSA) is 24.1 Å². The SMILES string of the molecule is C[Si](C)(C)c1ccc(C23CC4CC(CC(C4)C2CP)C3)c(CP(C2CCCNC2)C2CCCNC2)c1. The Labute approximate surface area is 226 Å². The molecule has 2 nitrogen and oxygen atoms in total. The van der Waals surface area contributed by atoms with Crippen molar-refractivity contribution < 1.29 is 0 Å². The van der Waals surface area contributed by atoms with Crippen molar-refractivity contribution in [3.8, 4) is 0 Å². The van der Waals surface area contributed by atoms with Crippen LogP contribution in [0.1, 0.15) is 68.9 Å². The van der Waals surface area contributed by atoms with Crippen LogP contribution < -0.4 is 15.8 Å². The largest absolute Gasteiger partial charge is 0.316 e. The van der Waals surface area contributed by atoms with E-state index in [1.54, 1.807) is 11.6 Å². The third kappa shape index (κ3) is 4.96. The lowest BCUT2D eigenvalue weighted by Crippen LogP contribution is -2.56. The Bertz CT molecular complexity index is 886. The van der Waals surface area contributed by atoms with Crippen LogP contribution in [0.25, 0.3) is 0 Å². The van der Waals surface area contributed by atoms with Crippen molar-refractivity contribution in [2.24, 2.45) is 23.7 Å². The summed E-state index contributed by atoms with van der Waals surface area (Å²) in [6.45, 7) is 12.7. The molecule has 200 valence electrons. The Morgan fingerprint density at radius 1 is 0.944 bits per heavy atom. The molecule has 2 saturated heterocycles. The van der Waals surface area contributed by atoms with Crippen LogP contribution in [0.4, 0.5) is 0 Å². The fraction of sp³-hybridized carbons (Fsp3) is 0.806. The summed E-state index contributed by atoms with van der Waals surface area (Å²) >= 11 is 0. The maximum atomic E-state index is 3.82. The molecule has 6 fully saturated rings. The Hall–Kier alpha value is 0.217. The Balaban J connectivity index is 1.42. The summed E-state index contributed by atoms with van der Waals surface area (Å²) in [4.78, 5) is 0. The fourth-order valence-electron chi connectivity index (χ4n) is 9.65. The van der Waals surface area contributed by atoms with Crippen LogP contribution in [-0.4, -0.2) is 51.7 Å². The molecule has 2 heterocycles. The number of hydrogen-bond acceptors (Lipinski definition) is 2. The van der Waals surface area contributed by atoms with E-state index in [0.29, 0.717) is 5.41 Å². The van der Waals surface area contributed by atoms with Gasteiger partial charge in [-0.1, -0.05) is 50.9 Å². The highest BCUT2D eigenvalue weighted by atomic mass is 31.1. The molecule has 2 N–H and O–H groups in total. The molecule has 0 radical (unpaired) electrons. The van der Waals surface area contributed by atoms with Crippen LogP contribution in [0.5, 0.6) is 0 Å². The second kappa shape index (κ2) is 10.7. The van der Waals surface area contributed by atoms with Crippen molar-refractivity contribution in [2.45, 2.75) is 100 Å². The van der Waals surface area contributed by atoms with Gasteiger partial charge in [0, 0.05) is 13.1 Å². The van der Waals surface area contributed by atoms with E-state index in [-0.39, 0.29) is 7.92 Å². The molecular formula is C31H52N2P2Si. The molecule has 4 bridgehead atoms. The fourth-order valence-corrected chi connectivity index (χ4v) is 15.2. The minimum absolute atomic E-state index is 0.0124. The van der Waals surface area contributed by atoms with Crippen molar-refractivity contribution in [3.05, 3.63) is 29.3 Å². The van der Waals surface area contributed by atoms with E-state index >= 15 is 0 Å². The molecular weight excluding hydrogens is 490 g/mol. The first-order chi connectivity index (χ1) is 17.4. The first kappa shape index (κ1) is 26.4. The van der Waals surface area contributed by atoms with E-state index in [9.17, 15) is 0 Å². The number of piperidine rings is 2. The zero-order valence-corrected chi connectivity index (χ0v) is 26.4. The zero-order valence-electron chi connectivity index (χ0n) is 23.3. The van der Waals surface area contributed by atoms with E-state index in [1.165, 1.54) is 89.9 Å². The summed E-state index contributed by atoms with van der Waals surface area (Å²) in [5.41, 5.74) is 5.96. The van der Waals surface area contributed by atoms with Crippen LogP contribution in [0.2, 0.25) is 19.6 Å². The van der Waals surface area contributed by atoms with Gasteiger partial charge >= 0.3 is 0 Å². The van der Waals surface area contributed by atoms with Crippen molar-refractivity contribution in [1.29, 1.82) is 0 Å². The van der Waals surface area contributed by atoms with E-state index in [0.717, 1.165) is 35.0 Å². The lowest BCUT2D eigenvalue weighted by Gasteiger charge is -2.62. The molecule has 7 rings (SSSR count). The van der Waals surface area contributed by atoms with E-state index in [2.05, 4.69) is 57.7 Å². The van der Waals surface area contributed by atoms with Crippen molar-refractivity contribution in [2.75, 3.05) is 32.3 Å². The van der Waals surface area contributed by atoms with Gasteiger partial charge in [-0.25, -0.2) is 0 Å². The molecule has 36 heavy (non-hydrogen) atoms. The van der Waals surface area contributed by atoms with E-state index in [1.807, 2.05) is 11.1 Å². The maximum Gasteiger partial charge on any atom is 0.0776 e. The summed E-state index contributed by atoms with van der Waals surface area (Å²) in [6.07, 6.45) is 16.0. The molecule has 0 aromatic heterocycles. The van der Waals surface area contributed by atoms with Gasteiger partial charge in [0.1, 0.15) is 0 Å². The highest BCUT2D eigenvalue weighted by Crippen LogP contribution is 2.65. The van der Waals surface area contributed by atoms with E-state index < -0.39 is 8.07 Å². The first-order valence-corrected chi connectivity index (χ1v) is 21.4. The number of hydrogen-bond donors (Lipinski definition) is 2. The quantitative estimate of drug-likeness (QED) is 0.313. The molecule has 0 amide bonds. The highest BCUT2D eigenvalue weighted by molar-refractivity contribution is 7.58. The summed E-state index contributed by atoms with van der Waals surface area (Å²) in [7, 11) is 1.85. The maximum absolute atomic E-state index is 3.82. The Morgan fingerprint density at radius 3 is 2.11 bits per heavy atom. The summed E-state index contributed by atoms with van der Waals surface area (Å²) < 4.78 is 0. The van der Waals surface area contributed by atoms with Gasteiger partial charge < -0.3 is 10.6 Å². The predicted molar refractivity (Wildman–Crippen MR) is 165 cm³/mol. The number of rotatable bonds is 7. The summed E-state index contributed by atoms with van der Waals surface area (Å²) in [6, 6.07) is 8.12. The summed E-state index contributed by atoms with van der Waals surface area (Å²) in [5.74, 6) is 3.90. The summed E-state index contributed by atoms with van der Waals surface area (Å²) in [5, 5.41) is 9.33. The molecule has 6 atom stereocenters. The van der Waals surface area contributed by atoms with Crippen molar-refractivity contribution in [3.63, 3.8) is 0 Å². The molecule has 6 aliphatic rings. The molecule has 5 heteroatoms. The predicted octanol–water partition coefficient (Wildman–Crippen LogP) is 6.29. The third-order valence-electron chi connectivity index (χ3n) is 11.1. The molecule has 4 aliphatic carbocycles. The lowest BCUT2D eigenvalue weighted by molar-refractivity contribution is -0.0520. The molecule has 0 spiro atoms. The third-order valence-corrected chi connectivity index (χ3v) is 17.1. The van der Waals surface area contributed by atoms with Crippen LogP contribution >= 0.6 is 17.2 Å². The van der Waals surface area contributed by atoms with Gasteiger partial charge in [-0.05, 0) is 135 Å². The van der Waals surface area contributed by atoms with Gasteiger partial charge in [0.15, 0.2) is 0 Å². The average Bonchev–Trinajstić information content (AvgIpc) is 2.87. The minimum atomic E-state index is -1.35. The lowest BCUT2D eigenvalue weighted by atomic mass is 9.43.